The summed E-state index contributed by atoms with van der Waals surface area (Å²) in [6.07, 6.45) is 3.90. The van der Waals surface area contributed by atoms with Crippen molar-refractivity contribution in [1.82, 2.24) is 4.98 Å². The van der Waals surface area contributed by atoms with Crippen LogP contribution in [0.5, 0.6) is 0 Å². The summed E-state index contributed by atoms with van der Waals surface area (Å²) >= 11 is 0. The summed E-state index contributed by atoms with van der Waals surface area (Å²) in [4.78, 5) is 4.97. The van der Waals surface area contributed by atoms with E-state index in [2.05, 4.69) is 6.07 Å². The molecule has 1 aliphatic rings. The molecule has 0 fully saturated rings. The third-order valence-electron chi connectivity index (χ3n) is 6.56. The fraction of sp³-hybridized carbons (Fsp3) is 0. The van der Waals surface area contributed by atoms with Crippen LogP contribution in [0.1, 0.15) is 16.7 Å². The molecule has 0 N–H and O–H groups in total. The molecule has 2 heterocycles. The molecular formula is C36H24N2O. The quantitative estimate of drug-likeness (QED) is 0.227. The summed E-state index contributed by atoms with van der Waals surface area (Å²) in [6.45, 7) is 0. The van der Waals surface area contributed by atoms with E-state index < -0.39 is 0 Å². The Morgan fingerprint density at radius 1 is 0.538 bits per heavy atom. The minimum absolute atomic E-state index is 0.553. The number of pyridine rings is 1. The zero-order chi connectivity index (χ0) is 26.4. The zero-order valence-corrected chi connectivity index (χ0v) is 21.2. The Morgan fingerprint density at radius 2 is 0.923 bits per heavy atom. The number of rotatable bonds is 5. The van der Waals surface area contributed by atoms with Crippen LogP contribution >= 0.6 is 0 Å². The third kappa shape index (κ3) is 5.18. The normalized spacial score (nSPS) is 12.5. The molecule has 1 aliphatic heterocycles. The smallest absolute Gasteiger partial charge is 0.135 e. The number of hydrogen-bond donors (Lipinski definition) is 0. The van der Waals surface area contributed by atoms with Crippen molar-refractivity contribution in [3.05, 3.63) is 168 Å². The first-order chi connectivity index (χ1) is 19.3. The Morgan fingerprint density at radius 3 is 1.31 bits per heavy atom. The molecule has 3 nitrogen and oxygen atoms in total. The van der Waals surface area contributed by atoms with Crippen LogP contribution in [0.4, 0.5) is 0 Å². The van der Waals surface area contributed by atoms with Gasteiger partial charge in [-0.3, -0.25) is 0 Å². The van der Waals surface area contributed by atoms with Crippen molar-refractivity contribution in [1.29, 1.82) is 5.26 Å². The van der Waals surface area contributed by atoms with Gasteiger partial charge < -0.3 is 4.74 Å². The van der Waals surface area contributed by atoms with Crippen LogP contribution in [0, 0.1) is 11.3 Å². The van der Waals surface area contributed by atoms with E-state index in [4.69, 9.17) is 9.72 Å². The molecule has 3 heteroatoms. The fourth-order valence-corrected chi connectivity index (χ4v) is 4.62. The molecular weight excluding hydrogens is 476 g/mol. The van der Waals surface area contributed by atoms with Gasteiger partial charge in [-0.15, -0.1) is 0 Å². The molecule has 0 saturated heterocycles. The van der Waals surface area contributed by atoms with E-state index in [0.29, 0.717) is 17.1 Å². The number of aromatic nitrogens is 1. The number of nitrogens with zero attached hydrogens (tertiary/aromatic N) is 2. The maximum atomic E-state index is 10.5. The molecule has 0 aliphatic carbocycles. The number of allylic oxidation sites excluding steroid dienone is 4. The van der Waals surface area contributed by atoms with E-state index in [1.807, 2.05) is 146 Å². The van der Waals surface area contributed by atoms with Gasteiger partial charge in [0.15, 0.2) is 0 Å². The zero-order valence-electron chi connectivity index (χ0n) is 21.2. The first-order valence-electron chi connectivity index (χ1n) is 12.8. The van der Waals surface area contributed by atoms with Gasteiger partial charge in [-0.25, -0.2) is 4.98 Å². The van der Waals surface area contributed by atoms with Crippen LogP contribution in [0.25, 0.3) is 39.6 Å². The van der Waals surface area contributed by atoms with E-state index in [-0.39, 0.29) is 0 Å². The van der Waals surface area contributed by atoms with E-state index in [1.165, 1.54) is 0 Å². The van der Waals surface area contributed by atoms with Gasteiger partial charge in [0.05, 0.1) is 17.0 Å². The SMILES string of the molecule is N#CC(=C1C=C(c2ccccc2)OC(c2ccccc2)=C1)c1cc(-c2ccccc2)nc(-c2ccccc2)c1. The topological polar surface area (TPSA) is 45.9 Å². The lowest BCUT2D eigenvalue weighted by atomic mass is 9.94. The maximum absolute atomic E-state index is 10.5. The lowest BCUT2D eigenvalue weighted by Gasteiger charge is -2.20. The second-order valence-corrected chi connectivity index (χ2v) is 9.15. The average molecular weight is 501 g/mol. The molecule has 0 atom stereocenters. The lowest BCUT2D eigenvalue weighted by Crippen LogP contribution is -2.02. The molecule has 1 aromatic heterocycles. The highest BCUT2D eigenvalue weighted by Crippen LogP contribution is 2.36. The van der Waals surface area contributed by atoms with Crippen LogP contribution < -0.4 is 0 Å². The predicted octanol–water partition coefficient (Wildman–Crippen LogP) is 8.81. The minimum Gasteiger partial charge on any atom is -0.456 e. The summed E-state index contributed by atoms with van der Waals surface area (Å²) in [6, 6.07) is 46.5. The van der Waals surface area contributed by atoms with Crippen molar-refractivity contribution in [3.8, 4) is 28.6 Å². The third-order valence-corrected chi connectivity index (χ3v) is 6.56. The largest absolute Gasteiger partial charge is 0.456 e. The highest BCUT2D eigenvalue weighted by Gasteiger charge is 2.19. The van der Waals surface area contributed by atoms with Crippen molar-refractivity contribution in [2.75, 3.05) is 0 Å². The van der Waals surface area contributed by atoms with Gasteiger partial charge >= 0.3 is 0 Å². The van der Waals surface area contributed by atoms with Crippen LogP contribution in [0.2, 0.25) is 0 Å². The van der Waals surface area contributed by atoms with E-state index in [1.54, 1.807) is 0 Å². The van der Waals surface area contributed by atoms with Gasteiger partial charge in [0.2, 0.25) is 0 Å². The van der Waals surface area contributed by atoms with Crippen molar-refractivity contribution in [2.24, 2.45) is 0 Å². The molecule has 0 spiro atoms. The predicted molar refractivity (Wildman–Crippen MR) is 158 cm³/mol. The molecule has 184 valence electrons. The van der Waals surface area contributed by atoms with Crippen LogP contribution in [0.15, 0.2) is 151 Å². The van der Waals surface area contributed by atoms with Crippen LogP contribution in [0.3, 0.4) is 0 Å². The Hall–Kier alpha value is -5.46. The minimum atomic E-state index is 0.553. The Bertz CT molecular complexity index is 1630. The Labute approximate surface area is 228 Å². The standard InChI is InChI=1S/C36H24N2O/c37-25-32(30-21-33(26-13-5-1-6-14-26)38-34(22-30)27-15-7-2-8-16-27)31-23-35(28-17-9-3-10-18-28)39-36(24-31)29-19-11-4-12-20-29/h1-24H. The molecule has 5 aromatic rings. The van der Waals surface area contributed by atoms with E-state index >= 15 is 0 Å². The average Bonchev–Trinajstić information content (AvgIpc) is 3.03. The number of nitriles is 1. The van der Waals surface area contributed by atoms with Crippen molar-refractivity contribution >= 4 is 17.1 Å². The molecule has 6 rings (SSSR count). The Balaban J connectivity index is 1.58. The summed E-state index contributed by atoms with van der Waals surface area (Å²) < 4.78 is 6.37. The fourth-order valence-electron chi connectivity index (χ4n) is 4.62. The molecule has 39 heavy (non-hydrogen) atoms. The first-order valence-corrected chi connectivity index (χ1v) is 12.8. The monoisotopic (exact) mass is 500 g/mol. The summed E-state index contributed by atoms with van der Waals surface area (Å²) in [5, 5.41) is 10.5. The molecule has 0 bridgehead atoms. The molecule has 0 radical (unpaired) electrons. The van der Waals surface area contributed by atoms with Crippen molar-refractivity contribution in [3.63, 3.8) is 0 Å². The van der Waals surface area contributed by atoms with E-state index in [0.717, 1.165) is 44.8 Å². The van der Waals surface area contributed by atoms with Gasteiger partial charge in [-0.2, -0.15) is 5.26 Å². The number of hydrogen-bond acceptors (Lipinski definition) is 3. The van der Waals surface area contributed by atoms with Gasteiger partial charge in [-0.1, -0.05) is 121 Å². The van der Waals surface area contributed by atoms with Gasteiger partial charge in [-0.05, 0) is 29.8 Å². The van der Waals surface area contributed by atoms with Gasteiger partial charge in [0.1, 0.15) is 17.6 Å². The Kier molecular flexibility index (Phi) is 6.67. The highest BCUT2D eigenvalue weighted by molar-refractivity contribution is 5.91. The van der Waals surface area contributed by atoms with Gasteiger partial charge in [0.25, 0.3) is 0 Å². The van der Waals surface area contributed by atoms with Crippen LogP contribution in [-0.4, -0.2) is 4.98 Å². The number of benzene rings is 4. The number of ether oxygens (including phenoxy) is 1. The van der Waals surface area contributed by atoms with Gasteiger partial charge in [0, 0.05) is 27.8 Å². The molecule has 0 amide bonds. The summed E-state index contributed by atoms with van der Waals surface area (Å²) in [5.41, 5.74) is 7.63. The molecule has 0 unspecified atom stereocenters. The molecule has 4 aromatic carbocycles. The summed E-state index contributed by atoms with van der Waals surface area (Å²) in [7, 11) is 0. The van der Waals surface area contributed by atoms with Crippen molar-refractivity contribution in [2.45, 2.75) is 0 Å². The second kappa shape index (κ2) is 10.9. The highest BCUT2D eigenvalue weighted by atomic mass is 16.5. The lowest BCUT2D eigenvalue weighted by molar-refractivity contribution is 0.467. The van der Waals surface area contributed by atoms with Crippen LogP contribution in [-0.2, 0) is 4.74 Å². The summed E-state index contributed by atoms with van der Waals surface area (Å²) in [5.74, 6) is 1.39. The first kappa shape index (κ1) is 23.9. The van der Waals surface area contributed by atoms with Crippen molar-refractivity contribution < 1.29 is 4.74 Å². The second-order valence-electron chi connectivity index (χ2n) is 9.15. The molecule has 0 saturated carbocycles. The van der Waals surface area contributed by atoms with E-state index in [9.17, 15) is 5.26 Å². The maximum Gasteiger partial charge on any atom is 0.135 e.